The van der Waals surface area contributed by atoms with Gasteiger partial charge in [-0.1, -0.05) is 6.07 Å². The average molecular weight is 508 g/mol. The second-order valence-corrected chi connectivity index (χ2v) is 8.92. The van der Waals surface area contributed by atoms with Gasteiger partial charge in [-0.15, -0.1) is 0 Å². The minimum atomic E-state index is -0.617. The predicted molar refractivity (Wildman–Crippen MR) is 137 cm³/mol. The van der Waals surface area contributed by atoms with Gasteiger partial charge >= 0.3 is 0 Å². The van der Waals surface area contributed by atoms with Gasteiger partial charge < -0.3 is 29.0 Å². The maximum Gasteiger partial charge on any atom is 0.270 e. The molecule has 0 radical (unpaired) electrons. The molecule has 5 rings (SSSR count). The Balaban J connectivity index is 1.63. The van der Waals surface area contributed by atoms with Crippen LogP contribution in [0.3, 0.4) is 0 Å². The van der Waals surface area contributed by atoms with Crippen molar-refractivity contribution in [1.82, 2.24) is 10.2 Å². The molecule has 10 heteroatoms. The predicted octanol–water partition coefficient (Wildman–Crippen LogP) is 3.70. The van der Waals surface area contributed by atoms with Crippen LogP contribution in [0.25, 0.3) is 0 Å². The third-order valence-corrected chi connectivity index (χ3v) is 7.08. The number of allylic oxidation sites excluding steroid dienone is 2. The highest BCUT2D eigenvalue weighted by Gasteiger charge is 2.41. The summed E-state index contributed by atoms with van der Waals surface area (Å²) in [6.07, 6.45) is 0.860. The van der Waals surface area contributed by atoms with E-state index >= 15 is 0 Å². The van der Waals surface area contributed by atoms with Gasteiger partial charge in [0.15, 0.2) is 28.8 Å². The van der Waals surface area contributed by atoms with E-state index in [0.717, 1.165) is 11.3 Å². The van der Waals surface area contributed by atoms with Crippen molar-refractivity contribution in [2.24, 2.45) is 0 Å². The van der Waals surface area contributed by atoms with Crippen molar-refractivity contribution >= 4 is 11.6 Å². The molecule has 10 nitrogen and oxygen atoms in total. The minimum Gasteiger partial charge on any atom is -0.493 e. The van der Waals surface area contributed by atoms with Gasteiger partial charge in [-0.25, -0.2) is 0 Å². The van der Waals surface area contributed by atoms with E-state index in [1.165, 1.54) is 21.3 Å². The first-order valence-electron chi connectivity index (χ1n) is 11.8. The normalized spacial score (nSPS) is 18.5. The summed E-state index contributed by atoms with van der Waals surface area (Å²) in [4.78, 5) is 26.7. The zero-order chi connectivity index (χ0) is 26.3. The molecule has 2 aromatic carbocycles. The van der Waals surface area contributed by atoms with Crippen LogP contribution >= 0.6 is 0 Å². The first-order valence-corrected chi connectivity index (χ1v) is 11.8. The number of methoxy groups -OCH3 is 5. The summed E-state index contributed by atoms with van der Waals surface area (Å²) in [6, 6.07) is 9.27. The van der Waals surface area contributed by atoms with E-state index in [1.807, 2.05) is 18.2 Å². The molecule has 194 valence electrons. The lowest BCUT2D eigenvalue weighted by Crippen LogP contribution is -2.31. The van der Waals surface area contributed by atoms with E-state index in [1.54, 1.807) is 26.4 Å². The van der Waals surface area contributed by atoms with E-state index in [9.17, 15) is 9.59 Å². The number of hydrogen-bond acceptors (Lipinski definition) is 8. The summed E-state index contributed by atoms with van der Waals surface area (Å²) < 4.78 is 27.4. The molecule has 0 saturated carbocycles. The van der Waals surface area contributed by atoms with Crippen molar-refractivity contribution in [3.05, 3.63) is 68.6 Å². The zero-order valence-corrected chi connectivity index (χ0v) is 21.3. The van der Waals surface area contributed by atoms with Crippen LogP contribution in [-0.4, -0.2) is 51.5 Å². The molecular formula is C27H29N3O7. The summed E-state index contributed by atoms with van der Waals surface area (Å²) in [5.41, 5.74) is 3.11. The monoisotopic (exact) mass is 507 g/mol. The molecule has 37 heavy (non-hydrogen) atoms. The molecule has 0 spiro atoms. The van der Waals surface area contributed by atoms with Crippen molar-refractivity contribution < 1.29 is 28.5 Å². The van der Waals surface area contributed by atoms with Crippen LogP contribution in [0.15, 0.2) is 46.4 Å². The number of hydrogen-bond donors (Lipinski definition) is 3. The number of Topliss-reactive ketones (excluding diaryl/α,β-unsaturated/α-hetero) is 1. The summed E-state index contributed by atoms with van der Waals surface area (Å²) in [6.45, 7) is 0. The number of ketones is 1. The number of carbonyl (C=O) groups excluding carboxylic acids is 1. The first-order chi connectivity index (χ1) is 17.9. The SMILES string of the molecule is COc1ccc([C@H]2CC(=O)C3=C(C2)Nc2[nH][nH]c(=O)c2[C@H]3c2cc(OC)c(OC)c(OC)c2)cc1OC. The smallest absolute Gasteiger partial charge is 0.270 e. The third kappa shape index (κ3) is 3.98. The van der Waals surface area contributed by atoms with Crippen LogP contribution in [0.1, 0.15) is 41.4 Å². The quantitative estimate of drug-likeness (QED) is 0.442. The van der Waals surface area contributed by atoms with Crippen LogP contribution in [-0.2, 0) is 4.79 Å². The van der Waals surface area contributed by atoms with E-state index in [-0.39, 0.29) is 23.7 Å². The Hall–Kier alpha value is -4.34. The number of nitrogens with one attached hydrogen (secondary N) is 3. The van der Waals surface area contributed by atoms with E-state index in [4.69, 9.17) is 23.7 Å². The standard InChI is InChI=1S/C27H29N3O7/c1-33-18-7-6-13(10-19(18)34-2)14-8-16-23(17(31)9-14)22(24-26(28-16)29-30-27(24)32)15-11-20(35-3)25(37-5)21(12-15)36-4/h6-7,10-12,14,22H,8-9H2,1-5H3,(H3,28,29,30,32)/t14-,22+/m1/s1. The fourth-order valence-electron chi connectivity index (χ4n) is 5.36. The Morgan fingerprint density at radius 2 is 1.38 bits per heavy atom. The van der Waals surface area contributed by atoms with Gasteiger partial charge in [0.05, 0.1) is 41.1 Å². The Morgan fingerprint density at radius 1 is 0.730 bits per heavy atom. The Labute approximate surface area is 213 Å². The molecule has 2 heterocycles. The van der Waals surface area contributed by atoms with Crippen molar-refractivity contribution in [1.29, 1.82) is 0 Å². The summed E-state index contributed by atoms with van der Waals surface area (Å²) in [7, 11) is 7.76. The number of rotatable bonds is 7. The maximum absolute atomic E-state index is 13.8. The van der Waals surface area contributed by atoms with Crippen molar-refractivity contribution in [3.63, 3.8) is 0 Å². The number of benzene rings is 2. The Bertz CT molecular complexity index is 1430. The molecule has 0 bridgehead atoms. The Morgan fingerprint density at radius 3 is 2.00 bits per heavy atom. The molecule has 0 amide bonds. The first kappa shape index (κ1) is 24.4. The zero-order valence-electron chi connectivity index (χ0n) is 21.3. The minimum absolute atomic E-state index is 0.0430. The highest BCUT2D eigenvalue weighted by molar-refractivity contribution is 6.01. The largest absolute Gasteiger partial charge is 0.493 e. The van der Waals surface area contributed by atoms with E-state index in [2.05, 4.69) is 15.5 Å². The topological polar surface area (TPSA) is 124 Å². The highest BCUT2D eigenvalue weighted by Crippen LogP contribution is 2.49. The Kier molecular flexibility index (Phi) is 6.32. The molecule has 2 aliphatic rings. The van der Waals surface area contributed by atoms with E-state index in [0.29, 0.717) is 57.7 Å². The molecule has 0 unspecified atom stereocenters. The molecule has 3 aromatic rings. The van der Waals surface area contributed by atoms with Gasteiger partial charge in [0, 0.05) is 23.6 Å². The fourth-order valence-corrected chi connectivity index (χ4v) is 5.36. The highest BCUT2D eigenvalue weighted by atomic mass is 16.5. The molecule has 1 aliphatic carbocycles. The van der Waals surface area contributed by atoms with Gasteiger partial charge in [0.25, 0.3) is 5.56 Å². The summed E-state index contributed by atoms with van der Waals surface area (Å²) in [5.74, 6) is 2.35. The lowest BCUT2D eigenvalue weighted by Gasteiger charge is -2.35. The molecule has 1 aromatic heterocycles. The van der Waals surface area contributed by atoms with Crippen LogP contribution in [0.4, 0.5) is 5.82 Å². The van der Waals surface area contributed by atoms with Gasteiger partial charge in [-0.2, -0.15) is 0 Å². The molecule has 2 atom stereocenters. The van der Waals surface area contributed by atoms with Gasteiger partial charge in [-0.3, -0.25) is 19.8 Å². The van der Waals surface area contributed by atoms with Crippen LogP contribution in [0.5, 0.6) is 28.7 Å². The number of carbonyl (C=O) groups is 1. The van der Waals surface area contributed by atoms with Crippen molar-refractivity contribution in [2.75, 3.05) is 40.9 Å². The fraction of sp³-hybridized carbons (Fsp3) is 0.333. The number of ether oxygens (including phenoxy) is 5. The third-order valence-electron chi connectivity index (χ3n) is 7.08. The number of anilines is 1. The van der Waals surface area contributed by atoms with Gasteiger partial charge in [0.2, 0.25) is 5.75 Å². The second kappa shape index (κ2) is 9.61. The molecule has 0 fully saturated rings. The second-order valence-electron chi connectivity index (χ2n) is 8.92. The van der Waals surface area contributed by atoms with Crippen molar-refractivity contribution in [3.8, 4) is 28.7 Å². The van der Waals surface area contributed by atoms with Crippen LogP contribution < -0.4 is 34.6 Å². The number of fused-ring (bicyclic) bond motifs is 1. The van der Waals surface area contributed by atoms with Crippen LogP contribution in [0, 0.1) is 0 Å². The van der Waals surface area contributed by atoms with Crippen molar-refractivity contribution in [2.45, 2.75) is 24.7 Å². The summed E-state index contributed by atoms with van der Waals surface area (Å²) in [5, 5.41) is 8.89. The molecule has 3 N–H and O–H groups in total. The number of H-pyrrole nitrogens is 2. The number of aromatic amines is 2. The summed E-state index contributed by atoms with van der Waals surface area (Å²) >= 11 is 0. The van der Waals surface area contributed by atoms with Crippen LogP contribution in [0.2, 0.25) is 0 Å². The van der Waals surface area contributed by atoms with Gasteiger partial charge in [-0.05, 0) is 47.7 Å². The molecule has 1 aliphatic heterocycles. The lowest BCUT2D eigenvalue weighted by atomic mass is 9.72. The molecule has 0 saturated heterocycles. The molecular weight excluding hydrogens is 478 g/mol. The van der Waals surface area contributed by atoms with E-state index < -0.39 is 5.92 Å². The average Bonchev–Trinajstić information content (AvgIpc) is 3.30. The lowest BCUT2D eigenvalue weighted by molar-refractivity contribution is -0.116. The van der Waals surface area contributed by atoms with Gasteiger partial charge in [0.1, 0.15) is 5.82 Å². The number of aromatic nitrogens is 2. The maximum atomic E-state index is 13.8.